The van der Waals surface area contributed by atoms with Gasteiger partial charge in [-0.2, -0.15) is 0 Å². The first-order valence-electron chi connectivity index (χ1n) is 7.73. The molecule has 2 aliphatic rings. The molecule has 2 nitrogen and oxygen atoms in total. The van der Waals surface area contributed by atoms with E-state index in [1.165, 1.54) is 51.4 Å². The summed E-state index contributed by atoms with van der Waals surface area (Å²) in [7, 11) is 0. The van der Waals surface area contributed by atoms with Crippen LogP contribution in [0, 0.1) is 0 Å². The van der Waals surface area contributed by atoms with E-state index in [9.17, 15) is 5.11 Å². The van der Waals surface area contributed by atoms with E-state index >= 15 is 0 Å². The molecule has 0 aromatic carbocycles. The van der Waals surface area contributed by atoms with Crippen LogP contribution in [-0.4, -0.2) is 34.2 Å². The predicted molar refractivity (Wildman–Crippen MR) is 72.1 cm³/mol. The first kappa shape index (κ1) is 13.4. The molecule has 2 fully saturated rings. The third kappa shape index (κ3) is 2.85. The molecule has 2 aliphatic heterocycles. The summed E-state index contributed by atoms with van der Waals surface area (Å²) in [6.45, 7) is 4.57. The molecule has 0 radical (unpaired) electrons. The number of unbranched alkanes of at least 4 members (excludes halogenated alkanes) is 1. The van der Waals surface area contributed by atoms with Gasteiger partial charge in [0.25, 0.3) is 0 Å². The van der Waals surface area contributed by atoms with E-state index in [0.29, 0.717) is 6.04 Å². The number of nitrogens with zero attached hydrogens (tertiary/aromatic N) is 1. The van der Waals surface area contributed by atoms with Crippen LogP contribution in [0.5, 0.6) is 0 Å². The Kier molecular flexibility index (Phi) is 4.87. The van der Waals surface area contributed by atoms with Gasteiger partial charge < -0.3 is 5.11 Å². The van der Waals surface area contributed by atoms with Gasteiger partial charge in [0.05, 0.1) is 6.10 Å². The maximum atomic E-state index is 10.2. The van der Waals surface area contributed by atoms with Crippen molar-refractivity contribution >= 4 is 0 Å². The Morgan fingerprint density at radius 1 is 0.941 bits per heavy atom. The molecule has 2 saturated heterocycles. The third-order valence-electron chi connectivity index (χ3n) is 4.77. The van der Waals surface area contributed by atoms with E-state index in [1.807, 2.05) is 0 Å². The monoisotopic (exact) mass is 239 g/mol. The molecule has 4 atom stereocenters. The van der Waals surface area contributed by atoms with E-state index in [4.69, 9.17) is 0 Å². The quantitative estimate of drug-likeness (QED) is 0.795. The molecule has 0 aromatic rings. The zero-order valence-electron chi connectivity index (χ0n) is 11.6. The van der Waals surface area contributed by atoms with Crippen LogP contribution in [0.3, 0.4) is 0 Å². The molecule has 2 heterocycles. The van der Waals surface area contributed by atoms with Crippen LogP contribution >= 0.6 is 0 Å². The second kappa shape index (κ2) is 6.19. The lowest BCUT2D eigenvalue weighted by atomic mass is 9.91. The van der Waals surface area contributed by atoms with Gasteiger partial charge in [-0.05, 0) is 38.5 Å². The van der Waals surface area contributed by atoms with Gasteiger partial charge in [0.15, 0.2) is 0 Å². The van der Waals surface area contributed by atoms with Crippen molar-refractivity contribution in [1.29, 1.82) is 0 Å². The Labute approximate surface area is 106 Å². The molecule has 0 aromatic heterocycles. The van der Waals surface area contributed by atoms with E-state index in [-0.39, 0.29) is 6.10 Å². The van der Waals surface area contributed by atoms with Gasteiger partial charge in [0, 0.05) is 18.1 Å². The molecular weight excluding hydrogens is 210 g/mol. The lowest BCUT2D eigenvalue weighted by Gasteiger charge is -2.44. The highest BCUT2D eigenvalue weighted by Crippen LogP contribution is 2.38. The minimum Gasteiger partial charge on any atom is -0.391 e. The molecule has 1 N–H and O–H groups in total. The molecule has 100 valence electrons. The lowest BCUT2D eigenvalue weighted by Crippen LogP contribution is -2.52. The largest absolute Gasteiger partial charge is 0.391 e. The molecule has 17 heavy (non-hydrogen) atoms. The topological polar surface area (TPSA) is 23.5 Å². The second-order valence-corrected chi connectivity index (χ2v) is 5.98. The predicted octanol–water partition coefficient (Wildman–Crippen LogP) is 3.33. The van der Waals surface area contributed by atoms with Gasteiger partial charge in [0.2, 0.25) is 0 Å². The van der Waals surface area contributed by atoms with Crippen LogP contribution in [0.15, 0.2) is 0 Å². The molecule has 2 rings (SSSR count). The van der Waals surface area contributed by atoms with Crippen molar-refractivity contribution in [3.8, 4) is 0 Å². The van der Waals surface area contributed by atoms with Gasteiger partial charge in [-0.15, -0.1) is 0 Å². The SMILES string of the molecule is CCCC[C@H]1CC[C@H]2[C@@H](O)CC[C@@H](CCC)N12. The number of fused-ring (bicyclic) bond motifs is 1. The summed E-state index contributed by atoms with van der Waals surface area (Å²) in [5.74, 6) is 0. The molecule has 2 heteroatoms. The van der Waals surface area contributed by atoms with Crippen LogP contribution in [0.4, 0.5) is 0 Å². The normalized spacial score (nSPS) is 38.3. The summed E-state index contributed by atoms with van der Waals surface area (Å²) in [6.07, 6.45) is 11.4. The molecule has 0 unspecified atom stereocenters. The maximum absolute atomic E-state index is 10.2. The summed E-state index contributed by atoms with van der Waals surface area (Å²) in [6, 6.07) is 2.02. The fourth-order valence-corrected chi connectivity index (χ4v) is 3.96. The number of hydrogen-bond acceptors (Lipinski definition) is 2. The minimum absolute atomic E-state index is 0.0465. The average molecular weight is 239 g/mol. The summed E-state index contributed by atoms with van der Waals surface area (Å²) < 4.78 is 0. The van der Waals surface area contributed by atoms with Crippen molar-refractivity contribution in [3.63, 3.8) is 0 Å². The highest BCUT2D eigenvalue weighted by Gasteiger charge is 2.43. The fourth-order valence-electron chi connectivity index (χ4n) is 3.96. The molecule has 0 aliphatic carbocycles. The number of piperidine rings is 1. The smallest absolute Gasteiger partial charge is 0.0696 e. The number of rotatable bonds is 5. The minimum atomic E-state index is -0.0465. The Morgan fingerprint density at radius 3 is 2.35 bits per heavy atom. The average Bonchev–Trinajstić information content (AvgIpc) is 2.75. The summed E-state index contributed by atoms with van der Waals surface area (Å²) in [5, 5.41) is 10.2. The van der Waals surface area contributed by atoms with Crippen LogP contribution in [0.2, 0.25) is 0 Å². The molecular formula is C15H29NO. The van der Waals surface area contributed by atoms with Crippen LogP contribution < -0.4 is 0 Å². The van der Waals surface area contributed by atoms with Crippen molar-refractivity contribution < 1.29 is 5.11 Å². The molecule has 0 saturated carbocycles. The van der Waals surface area contributed by atoms with Crippen molar-refractivity contribution in [2.24, 2.45) is 0 Å². The van der Waals surface area contributed by atoms with Crippen LogP contribution in [0.1, 0.15) is 71.6 Å². The number of aliphatic hydroxyl groups excluding tert-OH is 1. The maximum Gasteiger partial charge on any atom is 0.0696 e. The summed E-state index contributed by atoms with van der Waals surface area (Å²) in [4.78, 5) is 2.72. The first-order chi connectivity index (χ1) is 8.27. The van der Waals surface area contributed by atoms with Gasteiger partial charge in [0.1, 0.15) is 0 Å². The fraction of sp³-hybridized carbons (Fsp3) is 1.00. The zero-order valence-corrected chi connectivity index (χ0v) is 11.6. The number of hydrogen-bond donors (Lipinski definition) is 1. The van der Waals surface area contributed by atoms with Crippen LogP contribution in [0.25, 0.3) is 0 Å². The van der Waals surface area contributed by atoms with E-state index in [2.05, 4.69) is 18.7 Å². The molecule has 0 spiro atoms. The highest BCUT2D eigenvalue weighted by molar-refractivity contribution is 4.98. The molecule has 0 amide bonds. The van der Waals surface area contributed by atoms with Crippen LogP contribution in [-0.2, 0) is 0 Å². The third-order valence-corrected chi connectivity index (χ3v) is 4.77. The standard InChI is InChI=1S/C15H29NO/c1-3-5-7-13-8-10-14-15(17)11-9-12(6-4-2)16(13)14/h12-15,17H,3-11H2,1-2H3/t12-,13+,14+,15+/m1/s1. The summed E-state index contributed by atoms with van der Waals surface area (Å²) >= 11 is 0. The Bertz CT molecular complexity index is 231. The Morgan fingerprint density at radius 2 is 1.65 bits per heavy atom. The van der Waals surface area contributed by atoms with E-state index in [1.54, 1.807) is 0 Å². The van der Waals surface area contributed by atoms with E-state index < -0.39 is 0 Å². The molecule has 0 bridgehead atoms. The van der Waals surface area contributed by atoms with Crippen molar-refractivity contribution in [3.05, 3.63) is 0 Å². The van der Waals surface area contributed by atoms with Crippen molar-refractivity contribution in [1.82, 2.24) is 4.90 Å². The van der Waals surface area contributed by atoms with Gasteiger partial charge in [-0.25, -0.2) is 0 Å². The second-order valence-electron chi connectivity index (χ2n) is 5.98. The lowest BCUT2D eigenvalue weighted by molar-refractivity contribution is -0.0203. The number of aliphatic hydroxyl groups is 1. The highest BCUT2D eigenvalue weighted by atomic mass is 16.3. The van der Waals surface area contributed by atoms with Crippen molar-refractivity contribution in [2.45, 2.75) is 95.9 Å². The Balaban J connectivity index is 2.01. The zero-order chi connectivity index (χ0) is 12.3. The van der Waals surface area contributed by atoms with Gasteiger partial charge in [-0.3, -0.25) is 4.90 Å². The Hall–Kier alpha value is -0.0800. The van der Waals surface area contributed by atoms with Gasteiger partial charge in [-0.1, -0.05) is 33.1 Å². The first-order valence-corrected chi connectivity index (χ1v) is 7.73. The van der Waals surface area contributed by atoms with Crippen molar-refractivity contribution in [2.75, 3.05) is 0 Å². The van der Waals surface area contributed by atoms with Gasteiger partial charge >= 0.3 is 0 Å². The van der Waals surface area contributed by atoms with E-state index in [0.717, 1.165) is 18.5 Å². The summed E-state index contributed by atoms with van der Waals surface area (Å²) in [5.41, 5.74) is 0.